The number of amides is 2. The molecule has 3 aromatic carbocycles. The molecule has 0 unspecified atom stereocenters. The Hall–Kier alpha value is -5.12. The molecule has 4 aromatic rings. The first-order valence-electron chi connectivity index (χ1n) is 12.7. The number of pyridine rings is 1. The number of anilines is 2. The molecule has 10 heteroatoms. The van der Waals surface area contributed by atoms with Crippen LogP contribution in [-0.4, -0.2) is 34.7 Å². The highest BCUT2D eigenvalue weighted by molar-refractivity contribution is 5.92. The summed E-state index contributed by atoms with van der Waals surface area (Å²) in [5.74, 6) is -1.85. The van der Waals surface area contributed by atoms with Crippen molar-refractivity contribution in [3.05, 3.63) is 105 Å². The van der Waals surface area contributed by atoms with Crippen LogP contribution in [0.4, 0.5) is 16.2 Å². The van der Waals surface area contributed by atoms with Crippen LogP contribution in [0.15, 0.2) is 71.7 Å². The zero-order chi connectivity index (χ0) is 28.4. The fourth-order valence-electron chi connectivity index (χ4n) is 5.04. The highest BCUT2D eigenvalue weighted by atomic mass is 16.5. The molecule has 0 fully saturated rings. The lowest BCUT2D eigenvalue weighted by Crippen LogP contribution is -2.39. The van der Waals surface area contributed by atoms with Crippen molar-refractivity contribution in [1.29, 1.82) is 0 Å². The summed E-state index contributed by atoms with van der Waals surface area (Å²) in [6.45, 7) is 3.95. The number of carbonyl (C=O) groups is 3. The number of carboxylic acid groups (broad SMARTS) is 1. The van der Waals surface area contributed by atoms with Crippen molar-refractivity contribution in [3.8, 4) is 0 Å². The van der Waals surface area contributed by atoms with Crippen LogP contribution < -0.4 is 21.5 Å². The van der Waals surface area contributed by atoms with E-state index < -0.39 is 30.1 Å². The van der Waals surface area contributed by atoms with E-state index in [0.29, 0.717) is 28.7 Å². The van der Waals surface area contributed by atoms with E-state index in [0.717, 1.165) is 22.1 Å². The molecule has 0 aliphatic carbocycles. The Morgan fingerprint density at radius 1 is 0.975 bits per heavy atom. The molecule has 10 nitrogen and oxygen atoms in total. The summed E-state index contributed by atoms with van der Waals surface area (Å²) in [6, 6.07) is 14.5. The maximum atomic E-state index is 13.8. The predicted molar refractivity (Wildman–Crippen MR) is 150 cm³/mol. The summed E-state index contributed by atoms with van der Waals surface area (Å²) in [7, 11) is 0. The summed E-state index contributed by atoms with van der Waals surface area (Å²) in [4.78, 5) is 53.5. The molecular formula is C30H28N4O6. The zero-order valence-electron chi connectivity index (χ0n) is 21.9. The average Bonchev–Trinajstić information content (AvgIpc) is 2.91. The molecule has 0 saturated carbocycles. The Bertz CT molecular complexity index is 1670. The normalized spacial score (nSPS) is 17.6. The molecule has 0 spiro atoms. The van der Waals surface area contributed by atoms with Crippen LogP contribution in [0, 0.1) is 13.8 Å². The SMILES string of the molecule is Cc1cc2cc(C)c1CCOC(=O)Nc1cccc(c1)[C@@H](C(=O)O)NC(=O)[C@@H]2Nc1ccc2cc[nH]c(=O)c2c1. The molecule has 5 N–H and O–H groups in total. The Labute approximate surface area is 229 Å². The van der Waals surface area contributed by atoms with Crippen molar-refractivity contribution < 1.29 is 24.2 Å². The van der Waals surface area contributed by atoms with Crippen LogP contribution >= 0.6 is 0 Å². The first kappa shape index (κ1) is 26.5. The van der Waals surface area contributed by atoms with Crippen LogP contribution in [0.1, 0.15) is 39.9 Å². The number of aliphatic carboxylic acids is 1. The number of fused-ring (bicyclic) bond motifs is 10. The largest absolute Gasteiger partial charge is 0.479 e. The number of hydrogen-bond acceptors (Lipinski definition) is 6. The lowest BCUT2D eigenvalue weighted by atomic mass is 9.93. The van der Waals surface area contributed by atoms with Gasteiger partial charge in [0, 0.05) is 29.4 Å². The number of benzene rings is 3. The van der Waals surface area contributed by atoms with E-state index in [4.69, 9.17) is 4.74 Å². The molecule has 4 bridgehead atoms. The van der Waals surface area contributed by atoms with Gasteiger partial charge < -0.3 is 25.5 Å². The maximum Gasteiger partial charge on any atom is 0.411 e. The van der Waals surface area contributed by atoms with Crippen molar-refractivity contribution >= 4 is 40.1 Å². The number of rotatable bonds is 3. The number of aryl methyl sites for hydroxylation is 2. The minimum absolute atomic E-state index is 0.137. The van der Waals surface area contributed by atoms with Crippen molar-refractivity contribution in [2.75, 3.05) is 17.2 Å². The molecule has 0 saturated heterocycles. The highest BCUT2D eigenvalue weighted by Crippen LogP contribution is 2.28. The van der Waals surface area contributed by atoms with Crippen molar-refractivity contribution in [1.82, 2.24) is 10.3 Å². The molecule has 2 aliphatic rings. The molecule has 3 heterocycles. The second-order valence-electron chi connectivity index (χ2n) is 9.74. The fourth-order valence-corrected chi connectivity index (χ4v) is 5.04. The number of carboxylic acids is 1. The van der Waals surface area contributed by atoms with E-state index in [9.17, 15) is 24.3 Å². The first-order chi connectivity index (χ1) is 19.2. The van der Waals surface area contributed by atoms with E-state index >= 15 is 0 Å². The number of H-pyrrole nitrogens is 1. The Balaban J connectivity index is 1.60. The van der Waals surface area contributed by atoms with Gasteiger partial charge in [0.2, 0.25) is 5.91 Å². The van der Waals surface area contributed by atoms with Crippen molar-refractivity contribution in [3.63, 3.8) is 0 Å². The number of aromatic nitrogens is 1. The summed E-state index contributed by atoms with van der Waals surface area (Å²) in [5.41, 5.74) is 4.22. The molecule has 40 heavy (non-hydrogen) atoms. The van der Waals surface area contributed by atoms with Gasteiger partial charge in [0.1, 0.15) is 6.04 Å². The lowest BCUT2D eigenvalue weighted by molar-refractivity contribution is -0.142. The van der Waals surface area contributed by atoms with Crippen molar-refractivity contribution in [2.24, 2.45) is 0 Å². The quantitative estimate of drug-likeness (QED) is 0.259. The highest BCUT2D eigenvalue weighted by Gasteiger charge is 2.29. The van der Waals surface area contributed by atoms with Gasteiger partial charge in [-0.15, -0.1) is 0 Å². The van der Waals surface area contributed by atoms with E-state index in [1.807, 2.05) is 26.0 Å². The van der Waals surface area contributed by atoms with E-state index in [1.165, 1.54) is 6.07 Å². The smallest absolute Gasteiger partial charge is 0.411 e. The molecule has 2 aliphatic heterocycles. The summed E-state index contributed by atoms with van der Waals surface area (Å²) in [6.07, 6.45) is 1.38. The second kappa shape index (κ2) is 10.9. The van der Waals surface area contributed by atoms with Gasteiger partial charge in [0.15, 0.2) is 6.04 Å². The molecule has 1 aromatic heterocycles. The second-order valence-corrected chi connectivity index (χ2v) is 9.74. The molecular weight excluding hydrogens is 512 g/mol. The van der Waals surface area contributed by atoms with Crippen LogP contribution in [0.5, 0.6) is 0 Å². The van der Waals surface area contributed by atoms with Gasteiger partial charge in [0.25, 0.3) is 5.56 Å². The zero-order valence-corrected chi connectivity index (χ0v) is 21.9. The Kier molecular flexibility index (Phi) is 7.24. The number of hydrogen-bond donors (Lipinski definition) is 5. The van der Waals surface area contributed by atoms with E-state index in [1.54, 1.807) is 48.7 Å². The molecule has 2 atom stereocenters. The third kappa shape index (κ3) is 5.51. The minimum Gasteiger partial charge on any atom is -0.479 e. The van der Waals surface area contributed by atoms with Crippen LogP contribution in [0.2, 0.25) is 0 Å². The molecule has 2 amide bonds. The Morgan fingerprint density at radius 2 is 1.75 bits per heavy atom. The molecule has 204 valence electrons. The van der Waals surface area contributed by atoms with Gasteiger partial charge in [0.05, 0.1) is 6.61 Å². The third-order valence-corrected chi connectivity index (χ3v) is 6.99. The third-order valence-electron chi connectivity index (χ3n) is 6.99. The number of aromatic amines is 1. The average molecular weight is 541 g/mol. The standard InChI is InChI=1S/C30H28N4O6/c1-16-12-20-13-17(2)23(16)9-11-40-30(39)33-21-5-3-4-19(14-21)26(29(37)38)34-28(36)25(20)32-22-7-6-18-8-10-31-27(35)24(18)15-22/h3-8,10,12-15,25-26,32H,9,11H2,1-2H3,(H,31,35)(H,33,39)(H,34,36)(H,37,38)/t25-,26+/m1/s1. The monoisotopic (exact) mass is 540 g/mol. The topological polar surface area (TPSA) is 150 Å². The molecule has 6 rings (SSSR count). The summed E-state index contributed by atoms with van der Waals surface area (Å²) < 4.78 is 5.36. The minimum atomic E-state index is -1.40. The summed E-state index contributed by atoms with van der Waals surface area (Å²) in [5, 5.41) is 19.7. The van der Waals surface area contributed by atoms with E-state index in [-0.39, 0.29) is 17.7 Å². The maximum absolute atomic E-state index is 13.8. The van der Waals surface area contributed by atoms with E-state index in [2.05, 4.69) is 20.9 Å². The predicted octanol–water partition coefficient (Wildman–Crippen LogP) is 4.34. The van der Waals surface area contributed by atoms with Gasteiger partial charge in [-0.3, -0.25) is 14.9 Å². The first-order valence-corrected chi connectivity index (χ1v) is 12.7. The van der Waals surface area contributed by atoms with Gasteiger partial charge >= 0.3 is 12.1 Å². The van der Waals surface area contributed by atoms with Crippen LogP contribution in [0.25, 0.3) is 10.8 Å². The fraction of sp³-hybridized carbons (Fsp3) is 0.200. The number of nitrogens with one attached hydrogen (secondary N) is 4. The van der Waals surface area contributed by atoms with Gasteiger partial charge in [-0.1, -0.05) is 30.3 Å². The van der Waals surface area contributed by atoms with Gasteiger partial charge in [-0.05, 0) is 77.4 Å². The van der Waals surface area contributed by atoms with Gasteiger partial charge in [-0.25, -0.2) is 9.59 Å². The van der Waals surface area contributed by atoms with Crippen molar-refractivity contribution in [2.45, 2.75) is 32.4 Å². The van der Waals surface area contributed by atoms with Gasteiger partial charge in [-0.2, -0.15) is 0 Å². The number of carbonyl (C=O) groups excluding carboxylic acids is 2. The van der Waals surface area contributed by atoms with Crippen LogP contribution in [-0.2, 0) is 20.7 Å². The lowest BCUT2D eigenvalue weighted by Gasteiger charge is -2.25. The summed E-state index contributed by atoms with van der Waals surface area (Å²) >= 11 is 0. The number of ether oxygens (including phenoxy) is 1. The van der Waals surface area contributed by atoms with Crippen LogP contribution in [0.3, 0.4) is 0 Å². The Morgan fingerprint density at radius 3 is 2.50 bits per heavy atom. The molecule has 0 radical (unpaired) electrons.